The van der Waals surface area contributed by atoms with Crippen molar-refractivity contribution in [2.45, 2.75) is 0 Å². The molecule has 0 aromatic carbocycles. The molecule has 0 saturated heterocycles. The fourth-order valence-electron chi connectivity index (χ4n) is 1.62. The second-order valence-electron chi connectivity index (χ2n) is 3.42. The van der Waals surface area contributed by atoms with Crippen molar-refractivity contribution in [3.63, 3.8) is 0 Å². The summed E-state index contributed by atoms with van der Waals surface area (Å²) in [5, 5.41) is 0. The third kappa shape index (κ3) is 1.68. The Morgan fingerprint density at radius 3 is 1.29 bits per heavy atom. The van der Waals surface area contributed by atoms with Crippen LogP contribution >= 0.6 is 9.69 Å². The van der Waals surface area contributed by atoms with E-state index in [-0.39, 0.29) is 0 Å². The monoisotopic (exact) mass is 336 g/mol. The van der Waals surface area contributed by atoms with Crippen LogP contribution in [-0.4, -0.2) is 15.0 Å². The summed E-state index contributed by atoms with van der Waals surface area (Å²) in [6, 6.07) is 12.1. The molecular weight excluding hydrogens is 325 g/mol. The Labute approximate surface area is 106 Å². The summed E-state index contributed by atoms with van der Waals surface area (Å²) in [6.07, 6.45) is 5.74. The van der Waals surface area contributed by atoms with Gasteiger partial charge in [0, 0.05) is 0 Å². The minimum absolute atomic E-state index is 1.09. The van der Waals surface area contributed by atoms with Crippen LogP contribution in [0.4, 0.5) is 0 Å². The van der Waals surface area contributed by atoms with Crippen LogP contribution < -0.4 is 12.9 Å². The van der Waals surface area contributed by atoms with E-state index in [1.165, 1.54) is 0 Å². The van der Waals surface area contributed by atoms with Gasteiger partial charge in [0.25, 0.3) is 0 Å². The van der Waals surface area contributed by atoms with Gasteiger partial charge in [0.1, 0.15) is 0 Å². The van der Waals surface area contributed by atoms with E-state index in [9.17, 15) is 0 Å². The maximum atomic E-state index is 7.01. The summed E-state index contributed by atoms with van der Waals surface area (Å²) in [5.41, 5.74) is 0. The molecule has 91 valence electrons. The Kier molecular flexibility index (Phi) is 2.69. The van der Waals surface area contributed by atoms with Crippen LogP contribution in [0.15, 0.2) is 55.0 Å². The Bertz CT molecular complexity index is 485. The van der Waals surface area contributed by atoms with Gasteiger partial charge < -0.3 is 0 Å². The van der Waals surface area contributed by atoms with E-state index >= 15 is 0 Å². The number of H-pyrrole nitrogens is 3. The predicted octanol–water partition coefficient (Wildman–Crippen LogP) is 1.25. The van der Waals surface area contributed by atoms with Gasteiger partial charge in [-0.2, -0.15) is 0 Å². The van der Waals surface area contributed by atoms with Crippen LogP contribution in [0.3, 0.4) is 0 Å². The Hall–Kier alpha value is -1.25. The van der Waals surface area contributed by atoms with Crippen LogP contribution in [0.5, 0.6) is 0 Å². The van der Waals surface area contributed by atoms with Crippen molar-refractivity contribution < 1.29 is 13.8 Å². The molecule has 0 radical (unpaired) electrons. The van der Waals surface area contributed by atoms with Crippen LogP contribution in [0.25, 0.3) is 0 Å². The number of nitrogens with one attached hydrogen (secondary N) is 3. The molecular formula is C12H12ClN3Rh. The van der Waals surface area contributed by atoms with Crippen molar-refractivity contribution >= 4 is 22.6 Å². The summed E-state index contributed by atoms with van der Waals surface area (Å²) in [7, 11) is 7.01. The normalized spacial score (nSPS) is 12.8. The number of hydrogen-bond donors (Lipinski definition) is 3. The predicted molar refractivity (Wildman–Crippen MR) is 67.1 cm³/mol. The van der Waals surface area contributed by atoms with Crippen molar-refractivity contribution in [3.8, 4) is 0 Å². The van der Waals surface area contributed by atoms with Gasteiger partial charge in [0.15, 0.2) is 0 Å². The van der Waals surface area contributed by atoms with Crippen molar-refractivity contribution in [2.24, 2.45) is 0 Å². The first kappa shape index (κ1) is 10.9. The third-order valence-corrected chi connectivity index (χ3v) is 9.97. The maximum absolute atomic E-state index is 7.01. The van der Waals surface area contributed by atoms with Gasteiger partial charge in [-0.1, -0.05) is 0 Å². The molecule has 0 fully saturated rings. The van der Waals surface area contributed by atoms with E-state index < -0.39 is 13.8 Å². The standard InChI is InChI=1S/3C4H4N.ClH.Rh/c3*1-2-4-5-3-1;;/h3*1-3,5H;1H;/q;;;;+1/p-1. The molecule has 0 aliphatic heterocycles. The fourth-order valence-corrected chi connectivity index (χ4v) is 7.43. The topological polar surface area (TPSA) is 47.4 Å². The fraction of sp³-hybridized carbons (Fsp3) is 0. The SMILES string of the molecule is [Cl][Rh]([c]1ccc[nH]1)([c]1ccc[nH]1)[c]1ccc[nH]1. The van der Waals surface area contributed by atoms with Gasteiger partial charge in [-0.25, -0.2) is 0 Å². The summed E-state index contributed by atoms with van der Waals surface area (Å²) in [4.78, 5) is 9.76. The molecule has 3 rings (SSSR count). The Morgan fingerprint density at radius 1 is 0.706 bits per heavy atom. The number of aromatic amines is 3. The van der Waals surface area contributed by atoms with Crippen molar-refractivity contribution in [1.29, 1.82) is 0 Å². The Morgan fingerprint density at radius 2 is 1.06 bits per heavy atom. The quantitative estimate of drug-likeness (QED) is 0.603. The molecule has 5 heteroatoms. The number of hydrogen-bond acceptors (Lipinski definition) is 0. The van der Waals surface area contributed by atoms with Gasteiger partial charge in [-0.05, 0) is 0 Å². The summed E-state index contributed by atoms with van der Waals surface area (Å²) in [6.45, 7) is 0. The van der Waals surface area contributed by atoms with Crippen LogP contribution in [-0.2, 0) is 13.8 Å². The third-order valence-electron chi connectivity index (χ3n) is 2.38. The summed E-state index contributed by atoms with van der Waals surface area (Å²) >= 11 is -2.67. The van der Waals surface area contributed by atoms with E-state index in [4.69, 9.17) is 9.69 Å². The molecule has 0 spiro atoms. The molecule has 3 N–H and O–H groups in total. The van der Waals surface area contributed by atoms with Crippen molar-refractivity contribution in [2.75, 3.05) is 0 Å². The molecule has 3 heterocycles. The van der Waals surface area contributed by atoms with Crippen molar-refractivity contribution in [3.05, 3.63) is 55.0 Å². The molecule has 0 atom stereocenters. The molecule has 3 aromatic rings. The molecule has 17 heavy (non-hydrogen) atoms. The minimum atomic E-state index is -2.67. The molecule has 0 saturated carbocycles. The number of halogens is 1. The van der Waals surface area contributed by atoms with Crippen LogP contribution in [0.1, 0.15) is 0 Å². The van der Waals surface area contributed by atoms with E-state index in [0.29, 0.717) is 0 Å². The first-order valence-electron chi connectivity index (χ1n) is 5.11. The van der Waals surface area contributed by atoms with Crippen molar-refractivity contribution in [1.82, 2.24) is 15.0 Å². The van der Waals surface area contributed by atoms with Gasteiger partial charge in [0.2, 0.25) is 0 Å². The number of aromatic nitrogens is 3. The zero-order valence-electron chi connectivity index (χ0n) is 8.91. The summed E-state index contributed by atoms with van der Waals surface area (Å²) in [5.74, 6) is 0. The van der Waals surface area contributed by atoms with E-state index in [1.807, 2.05) is 36.8 Å². The number of rotatable bonds is 3. The molecule has 3 nitrogen and oxygen atoms in total. The molecule has 0 bridgehead atoms. The van der Waals surface area contributed by atoms with Gasteiger partial charge in [-0.15, -0.1) is 0 Å². The summed E-state index contributed by atoms with van der Waals surface area (Å²) < 4.78 is 3.28. The van der Waals surface area contributed by atoms with Crippen LogP contribution in [0.2, 0.25) is 0 Å². The molecule has 0 unspecified atom stereocenters. The average Bonchev–Trinajstić information content (AvgIpc) is 3.10. The van der Waals surface area contributed by atoms with E-state index in [0.717, 1.165) is 12.9 Å². The van der Waals surface area contributed by atoms with Gasteiger partial charge in [0.05, 0.1) is 0 Å². The average molecular weight is 337 g/mol. The van der Waals surface area contributed by atoms with E-state index in [2.05, 4.69) is 33.2 Å². The zero-order chi connectivity index (χ0) is 11.7. The van der Waals surface area contributed by atoms with E-state index in [1.54, 1.807) is 0 Å². The second-order valence-corrected chi connectivity index (χ2v) is 10.5. The molecule has 3 aromatic heterocycles. The molecule has 0 aliphatic rings. The van der Waals surface area contributed by atoms with Gasteiger partial charge >= 0.3 is 106 Å². The Balaban J connectivity index is 2.21. The zero-order valence-corrected chi connectivity index (χ0v) is 11.3. The molecule has 0 aliphatic carbocycles. The molecule has 0 amide bonds. The van der Waals surface area contributed by atoms with Crippen LogP contribution in [0, 0.1) is 0 Å². The first-order chi connectivity index (χ1) is 8.32. The second kappa shape index (κ2) is 4.21. The first-order valence-corrected chi connectivity index (χ1v) is 9.68. The van der Waals surface area contributed by atoms with Gasteiger partial charge in [-0.3, -0.25) is 0 Å².